The predicted molar refractivity (Wildman–Crippen MR) is 202 cm³/mol. The summed E-state index contributed by atoms with van der Waals surface area (Å²) in [6, 6.07) is 59.0. The van der Waals surface area contributed by atoms with Gasteiger partial charge in [0.2, 0.25) is 0 Å². The summed E-state index contributed by atoms with van der Waals surface area (Å²) < 4.78 is 9.23. The van der Waals surface area contributed by atoms with Crippen LogP contribution in [0.25, 0.3) is 74.8 Å². The summed E-state index contributed by atoms with van der Waals surface area (Å²) in [6.07, 6.45) is 0. The first-order valence-corrected chi connectivity index (χ1v) is 16.7. The van der Waals surface area contributed by atoms with Gasteiger partial charge in [-0.15, -0.1) is 11.3 Å². The van der Waals surface area contributed by atoms with E-state index in [9.17, 15) is 0 Å². The molecule has 2 nitrogen and oxygen atoms in total. The summed E-state index contributed by atoms with van der Waals surface area (Å²) in [7, 11) is 0. The van der Waals surface area contributed by atoms with Crippen LogP contribution in [0.15, 0.2) is 168 Å². The molecule has 0 fully saturated rings. The van der Waals surface area contributed by atoms with Crippen LogP contribution in [-0.2, 0) is 0 Å². The third kappa shape index (κ3) is 4.17. The highest BCUT2D eigenvalue weighted by molar-refractivity contribution is 7.25. The SMILES string of the molecule is c1ccc2c(-c3ccc(N(c4ccc5cc6sc7ccccc7c6cc5c4)c4cccc5c4oc4ccccc45)cc3)cccc2c1. The minimum Gasteiger partial charge on any atom is -0.454 e. The highest BCUT2D eigenvalue weighted by atomic mass is 32.1. The molecule has 8 aromatic carbocycles. The van der Waals surface area contributed by atoms with Crippen molar-refractivity contribution in [3.8, 4) is 11.1 Å². The molecule has 0 aliphatic carbocycles. The zero-order chi connectivity index (χ0) is 30.9. The first-order valence-electron chi connectivity index (χ1n) is 15.9. The maximum absolute atomic E-state index is 6.59. The van der Waals surface area contributed by atoms with Crippen molar-refractivity contribution in [1.82, 2.24) is 0 Å². The van der Waals surface area contributed by atoms with Gasteiger partial charge in [-0.3, -0.25) is 0 Å². The zero-order valence-electron chi connectivity index (χ0n) is 25.4. The van der Waals surface area contributed by atoms with Crippen LogP contribution in [0.4, 0.5) is 17.1 Å². The van der Waals surface area contributed by atoms with E-state index >= 15 is 0 Å². The average molecular weight is 618 g/mol. The Bertz CT molecular complexity index is 2800. The molecule has 0 atom stereocenters. The fourth-order valence-corrected chi connectivity index (χ4v) is 8.33. The lowest BCUT2D eigenvalue weighted by Crippen LogP contribution is -2.10. The van der Waals surface area contributed by atoms with Crippen LogP contribution in [0.5, 0.6) is 0 Å². The molecule has 10 rings (SSSR count). The molecule has 10 aromatic rings. The van der Waals surface area contributed by atoms with Crippen LogP contribution >= 0.6 is 11.3 Å². The Hall–Kier alpha value is -5.90. The quantitative estimate of drug-likeness (QED) is 0.195. The molecule has 0 amide bonds. The predicted octanol–water partition coefficient (Wildman–Crippen LogP) is 13.4. The maximum Gasteiger partial charge on any atom is 0.159 e. The number of hydrogen-bond acceptors (Lipinski definition) is 3. The van der Waals surface area contributed by atoms with E-state index in [1.807, 2.05) is 17.4 Å². The highest BCUT2D eigenvalue weighted by Gasteiger charge is 2.20. The van der Waals surface area contributed by atoms with E-state index in [4.69, 9.17) is 4.42 Å². The molecule has 2 heterocycles. The second kappa shape index (κ2) is 10.3. The Morgan fingerprint density at radius 1 is 0.426 bits per heavy atom. The van der Waals surface area contributed by atoms with Crippen molar-refractivity contribution in [2.24, 2.45) is 0 Å². The summed E-state index contributed by atoms with van der Waals surface area (Å²) >= 11 is 1.86. The van der Waals surface area contributed by atoms with Gasteiger partial charge in [0.25, 0.3) is 0 Å². The third-order valence-electron chi connectivity index (χ3n) is 9.43. The molecule has 0 radical (unpaired) electrons. The third-order valence-corrected chi connectivity index (χ3v) is 10.6. The molecule has 0 aliphatic rings. The van der Waals surface area contributed by atoms with Gasteiger partial charge in [0.1, 0.15) is 5.58 Å². The zero-order valence-corrected chi connectivity index (χ0v) is 26.2. The van der Waals surface area contributed by atoms with E-state index in [0.717, 1.165) is 39.0 Å². The standard InChI is InChI=1S/C44H27NOS/c1-2-11-34-28(9-1)10-7-14-35(34)29-19-22-32(23-20-29)45(40-16-8-15-38-36-12-3-5-17-41(36)46-44(38)40)33-24-21-30-27-43-39(26-31(30)25-33)37-13-4-6-18-42(37)47-43/h1-27H. The van der Waals surface area contributed by atoms with E-state index in [1.54, 1.807) is 0 Å². The van der Waals surface area contributed by atoms with Gasteiger partial charge in [0.15, 0.2) is 5.58 Å². The van der Waals surface area contributed by atoms with Gasteiger partial charge >= 0.3 is 0 Å². The average Bonchev–Trinajstić information content (AvgIpc) is 3.69. The van der Waals surface area contributed by atoms with E-state index in [2.05, 4.69) is 163 Å². The summed E-state index contributed by atoms with van der Waals surface area (Å²) in [6.45, 7) is 0. The molecule has 0 saturated heterocycles. The lowest BCUT2D eigenvalue weighted by molar-refractivity contribution is 0.669. The smallest absolute Gasteiger partial charge is 0.159 e. The van der Waals surface area contributed by atoms with Crippen molar-refractivity contribution in [3.05, 3.63) is 164 Å². The first kappa shape index (κ1) is 26.3. The van der Waals surface area contributed by atoms with Gasteiger partial charge < -0.3 is 9.32 Å². The van der Waals surface area contributed by atoms with Crippen molar-refractivity contribution >= 4 is 92.1 Å². The van der Waals surface area contributed by atoms with Crippen molar-refractivity contribution < 1.29 is 4.42 Å². The van der Waals surface area contributed by atoms with Crippen LogP contribution in [0, 0.1) is 0 Å². The summed E-state index contributed by atoms with van der Waals surface area (Å²) in [5.74, 6) is 0. The molecule has 0 bridgehead atoms. The highest BCUT2D eigenvalue weighted by Crippen LogP contribution is 2.44. The fourth-order valence-electron chi connectivity index (χ4n) is 7.20. The van der Waals surface area contributed by atoms with Crippen molar-refractivity contribution in [3.63, 3.8) is 0 Å². The van der Waals surface area contributed by atoms with E-state index in [1.165, 1.54) is 52.8 Å². The van der Waals surface area contributed by atoms with Gasteiger partial charge in [-0.05, 0) is 87.3 Å². The molecule has 47 heavy (non-hydrogen) atoms. The number of furan rings is 1. The summed E-state index contributed by atoms with van der Waals surface area (Å²) in [4.78, 5) is 2.34. The van der Waals surface area contributed by atoms with Crippen LogP contribution in [0.3, 0.4) is 0 Å². The van der Waals surface area contributed by atoms with E-state index < -0.39 is 0 Å². The number of anilines is 3. The monoisotopic (exact) mass is 617 g/mol. The van der Waals surface area contributed by atoms with Gasteiger partial charge in [-0.25, -0.2) is 0 Å². The van der Waals surface area contributed by atoms with Crippen molar-refractivity contribution in [2.75, 3.05) is 4.90 Å². The lowest BCUT2D eigenvalue weighted by atomic mass is 9.98. The number of para-hydroxylation sites is 2. The minimum atomic E-state index is 0.881. The van der Waals surface area contributed by atoms with Gasteiger partial charge in [0, 0.05) is 42.3 Å². The molecular weight excluding hydrogens is 591 g/mol. The first-order chi connectivity index (χ1) is 23.3. The molecular formula is C44H27NOS. The van der Waals surface area contributed by atoms with E-state index in [0.29, 0.717) is 0 Å². The molecule has 0 spiro atoms. The topological polar surface area (TPSA) is 16.4 Å². The normalized spacial score (nSPS) is 11.8. The summed E-state index contributed by atoms with van der Waals surface area (Å²) in [5, 5.41) is 9.81. The number of thiophene rings is 1. The Kier molecular flexibility index (Phi) is 5.78. The Balaban J connectivity index is 1.18. The van der Waals surface area contributed by atoms with E-state index in [-0.39, 0.29) is 0 Å². The van der Waals surface area contributed by atoms with Gasteiger partial charge in [0.05, 0.1) is 5.69 Å². The maximum atomic E-state index is 6.59. The fraction of sp³-hybridized carbons (Fsp3) is 0. The molecule has 220 valence electrons. The van der Waals surface area contributed by atoms with Crippen LogP contribution in [0.1, 0.15) is 0 Å². The van der Waals surface area contributed by atoms with Crippen molar-refractivity contribution in [2.45, 2.75) is 0 Å². The largest absolute Gasteiger partial charge is 0.454 e. The molecule has 0 N–H and O–H groups in total. The molecule has 0 aliphatic heterocycles. The van der Waals surface area contributed by atoms with Crippen LogP contribution in [0.2, 0.25) is 0 Å². The van der Waals surface area contributed by atoms with Gasteiger partial charge in [-0.1, -0.05) is 109 Å². The minimum absolute atomic E-state index is 0.881. The van der Waals surface area contributed by atoms with Crippen LogP contribution < -0.4 is 4.90 Å². The molecule has 0 saturated carbocycles. The summed E-state index contributed by atoms with van der Waals surface area (Å²) in [5.41, 5.74) is 7.37. The molecule has 0 unspecified atom stereocenters. The van der Waals surface area contributed by atoms with Crippen LogP contribution in [-0.4, -0.2) is 0 Å². The second-order valence-corrected chi connectivity index (χ2v) is 13.2. The lowest BCUT2D eigenvalue weighted by Gasteiger charge is -2.26. The Labute approximate surface area is 275 Å². The number of fused-ring (bicyclic) bond motifs is 8. The number of nitrogens with zero attached hydrogens (tertiary/aromatic N) is 1. The molecule has 2 aromatic heterocycles. The Morgan fingerprint density at radius 3 is 2.06 bits per heavy atom. The number of rotatable bonds is 4. The molecule has 3 heteroatoms. The van der Waals surface area contributed by atoms with Gasteiger partial charge in [-0.2, -0.15) is 0 Å². The number of hydrogen-bond donors (Lipinski definition) is 0. The Morgan fingerprint density at radius 2 is 1.15 bits per heavy atom. The second-order valence-electron chi connectivity index (χ2n) is 12.1. The van der Waals surface area contributed by atoms with Crippen molar-refractivity contribution in [1.29, 1.82) is 0 Å². The number of benzene rings is 8.